The van der Waals surface area contributed by atoms with E-state index < -0.39 is 0 Å². The maximum atomic E-state index is 14.5. The molecular formula is C97H102F4N24O4. The van der Waals surface area contributed by atoms with Crippen LogP contribution in [-0.4, -0.2) is 165 Å². The minimum absolute atomic E-state index is 0.180. The Labute approximate surface area is 744 Å². The van der Waals surface area contributed by atoms with Crippen molar-refractivity contribution in [2.45, 2.75) is 116 Å². The van der Waals surface area contributed by atoms with Gasteiger partial charge in [-0.1, -0.05) is 0 Å². The summed E-state index contributed by atoms with van der Waals surface area (Å²) in [6.07, 6.45) is 15.6. The first-order valence-corrected chi connectivity index (χ1v) is 44.6. The lowest BCUT2D eigenvalue weighted by atomic mass is 9.98. The third-order valence-electron chi connectivity index (χ3n) is 28.5. The van der Waals surface area contributed by atoms with Crippen molar-refractivity contribution in [2.75, 3.05) is 121 Å². The highest BCUT2D eigenvalue weighted by Crippen LogP contribution is 2.57. The fraction of sp³-hybridized carbons (Fsp3) is 0.381. The second-order valence-electron chi connectivity index (χ2n) is 36.5. The highest BCUT2D eigenvalue weighted by atomic mass is 19.1. The summed E-state index contributed by atoms with van der Waals surface area (Å²) in [6.45, 7) is 14.6. The third-order valence-corrected chi connectivity index (χ3v) is 28.5. The highest BCUT2D eigenvalue weighted by Gasteiger charge is 2.57. The molecule has 28 nitrogen and oxygen atoms in total. The number of nitrogens with zero attached hydrogens (tertiary/aromatic N) is 16. The number of piperidine rings is 1. The fourth-order valence-electron chi connectivity index (χ4n) is 21.5. The number of benzene rings is 4. The molecular weight excluding hydrogens is 1640 g/mol. The molecule has 2 unspecified atom stereocenters. The van der Waals surface area contributed by atoms with Crippen LogP contribution < -0.4 is 82.7 Å². The lowest BCUT2D eigenvalue weighted by molar-refractivity contribution is 0.437. The van der Waals surface area contributed by atoms with Gasteiger partial charge in [-0.15, -0.1) is 0 Å². The van der Waals surface area contributed by atoms with Gasteiger partial charge < -0.3 is 82.7 Å². The van der Waals surface area contributed by atoms with Crippen molar-refractivity contribution in [1.82, 2.24) is 59.8 Å². The van der Waals surface area contributed by atoms with E-state index in [0.29, 0.717) is 84.2 Å². The van der Waals surface area contributed by atoms with Crippen molar-refractivity contribution in [1.29, 1.82) is 0 Å². The summed E-state index contributed by atoms with van der Waals surface area (Å²) in [4.78, 5) is 64.6. The molecule has 8 aliphatic carbocycles. The Balaban J connectivity index is 0.000000104. The van der Waals surface area contributed by atoms with Crippen LogP contribution >= 0.6 is 0 Å². The number of anilines is 8. The Morgan fingerprint density at radius 3 is 0.915 bits per heavy atom. The van der Waals surface area contributed by atoms with Crippen molar-refractivity contribution < 1.29 is 36.5 Å². The van der Waals surface area contributed by atoms with Gasteiger partial charge in [0.15, 0.2) is 0 Å². The lowest BCUT2D eigenvalue weighted by Gasteiger charge is -2.23. The number of nitrogens with two attached hydrogens (primary N) is 4. The quantitative estimate of drug-likeness (QED) is 0.0417. The predicted octanol–water partition coefficient (Wildman–Crippen LogP) is 14.6. The standard InChI is InChI=1S/2C25H27FN6O.C24H25FN6O.C23H23FN6O/c2*1-13-3-5-16(10-29-13)33-25-30-22-9-17-18(7-15(26)8-21(17)28-2)23(22)24(31-25)32-11-14-4-6-20(27)19(14)12-32;1-13-3-4-15(11-28-13)32-23-29-19-9-16-17(7-14(25)8-18(16)27-2)21(19)22(30-23)31-6-5-24(12-31)10-20(24)26;1-11-3-4-13(8-27-11)31-23-28-19-7-14-15(5-12(24)6-18(14)26-2)20(19)22(29-23)30-9-16-17(10-30)21(16)25/h2*3,5,7-8,10,14,19-20,28H,4,6,9,11-12,27H2,1-2H3;3-4,7-8,11,20,27H,5-6,9-10,12,26H2,1-2H3;3-6,8,16-17,21,26H,7,9-10,25H2,1-2H3/t14-,19+,20+;14-,19+,20-;20-,24-;/m110./s1. The minimum atomic E-state index is -0.278. The molecule has 32 heteroatoms. The van der Waals surface area contributed by atoms with E-state index in [1.165, 1.54) is 24.3 Å². The number of pyridine rings is 4. The number of aromatic nitrogens is 12. The van der Waals surface area contributed by atoms with Gasteiger partial charge in [0.05, 0.1) is 47.6 Å². The minimum Gasteiger partial charge on any atom is -0.423 e. The monoisotopic (exact) mass is 1740 g/mol. The molecule has 4 saturated heterocycles. The van der Waals surface area contributed by atoms with Crippen LogP contribution in [0.2, 0.25) is 0 Å². The average Bonchev–Trinajstić information content (AvgIpc) is 1.57. The van der Waals surface area contributed by atoms with Gasteiger partial charge in [0, 0.05) is 204 Å². The second-order valence-corrected chi connectivity index (χ2v) is 36.5. The summed E-state index contributed by atoms with van der Waals surface area (Å²) < 4.78 is 81.9. The Hall–Kier alpha value is -13.0. The summed E-state index contributed by atoms with van der Waals surface area (Å²) >= 11 is 0. The first-order valence-electron chi connectivity index (χ1n) is 44.6. The molecule has 12 heterocycles. The molecule has 662 valence electrons. The lowest BCUT2D eigenvalue weighted by Crippen LogP contribution is -2.30. The van der Waals surface area contributed by atoms with Crippen LogP contribution in [0.1, 0.15) is 106 Å². The molecule has 8 aromatic heterocycles. The zero-order chi connectivity index (χ0) is 88.7. The summed E-state index contributed by atoms with van der Waals surface area (Å²) in [5.41, 5.74) is 46.7. The maximum Gasteiger partial charge on any atom is 0.324 e. The van der Waals surface area contributed by atoms with Crippen molar-refractivity contribution in [2.24, 2.45) is 63.9 Å². The SMILES string of the molecule is CNc1cc(F)cc2c1Cc1nc(Oc3ccc(C)nc3)nc(N3CC4C(N)C4C3)c1-2.CNc1cc(F)cc2c1Cc1nc(Oc3ccc(C)nc3)nc(N3CC[C@]4(C[C@@H]4N)C3)c1-2.CNc1cc(F)cc2c1Cc1nc(Oc3ccc(C)nc3)nc(N3C[C@H]4CC[C@@H](N)[C@H]4C3)c1-2.CNc1cc(F)cc2c1Cc1nc(Oc3ccc(C)nc3)nc(N3C[C@H]4CC[C@H](N)[C@H]4C3)c1-2. The van der Waals surface area contributed by atoms with Gasteiger partial charge in [-0.05, 0) is 243 Å². The maximum absolute atomic E-state index is 14.5. The molecule has 4 saturated carbocycles. The van der Waals surface area contributed by atoms with Gasteiger partial charge in [-0.25, -0.2) is 17.6 Å². The molecule has 12 N–H and O–H groups in total. The van der Waals surface area contributed by atoms with E-state index in [4.69, 9.17) is 81.8 Å². The second kappa shape index (κ2) is 32.9. The molecule has 129 heavy (non-hydrogen) atoms. The van der Waals surface area contributed by atoms with Gasteiger partial charge in [0.2, 0.25) is 0 Å². The third kappa shape index (κ3) is 15.6. The summed E-state index contributed by atoms with van der Waals surface area (Å²) in [5, 5.41) is 12.5. The van der Waals surface area contributed by atoms with Crippen LogP contribution in [0, 0.1) is 91.9 Å². The van der Waals surface area contributed by atoms with Gasteiger partial charge in [-0.2, -0.15) is 39.9 Å². The molecule has 24 rings (SSSR count). The highest BCUT2D eigenvalue weighted by molar-refractivity contribution is 5.92. The van der Waals surface area contributed by atoms with Crippen molar-refractivity contribution in [3.63, 3.8) is 0 Å². The number of halogens is 4. The van der Waals surface area contributed by atoms with E-state index in [1.807, 2.05) is 97.4 Å². The van der Waals surface area contributed by atoms with Crippen LogP contribution in [0.15, 0.2) is 122 Å². The molecule has 8 fully saturated rings. The Bertz CT molecular complexity index is 6220. The normalized spacial score (nSPS) is 22.8. The van der Waals surface area contributed by atoms with Crippen LogP contribution in [-0.2, 0) is 25.7 Å². The van der Waals surface area contributed by atoms with E-state index in [9.17, 15) is 17.6 Å². The van der Waals surface area contributed by atoms with Gasteiger partial charge in [-0.3, -0.25) is 19.9 Å². The Morgan fingerprint density at radius 1 is 0.364 bits per heavy atom. The summed E-state index contributed by atoms with van der Waals surface area (Å²) in [5.74, 6) is 7.50. The predicted molar refractivity (Wildman–Crippen MR) is 487 cm³/mol. The number of aryl methyl sites for hydroxylation is 4. The topological polar surface area (TPSA) is 357 Å². The Kier molecular flexibility index (Phi) is 21.2. The molecule has 0 amide bonds. The zero-order valence-corrected chi connectivity index (χ0v) is 73.2. The van der Waals surface area contributed by atoms with Crippen LogP contribution in [0.5, 0.6) is 47.0 Å². The Morgan fingerprint density at radius 2 is 0.651 bits per heavy atom. The van der Waals surface area contributed by atoms with Crippen molar-refractivity contribution >= 4 is 46.0 Å². The molecule has 10 atom stereocenters. The van der Waals surface area contributed by atoms with E-state index >= 15 is 0 Å². The van der Waals surface area contributed by atoms with Gasteiger partial charge in [0.1, 0.15) is 69.5 Å². The number of rotatable bonds is 16. The number of nitrogens with one attached hydrogen (secondary N) is 4. The van der Waals surface area contributed by atoms with Gasteiger partial charge >= 0.3 is 24.0 Å². The number of hydrogen-bond donors (Lipinski definition) is 8. The van der Waals surface area contributed by atoms with Crippen molar-refractivity contribution in [3.8, 4) is 91.5 Å². The van der Waals surface area contributed by atoms with Crippen LogP contribution in [0.4, 0.5) is 63.6 Å². The first kappa shape index (κ1) is 82.9. The van der Waals surface area contributed by atoms with E-state index in [0.717, 1.165) is 249 Å². The molecule has 1 spiro atoms. The summed E-state index contributed by atoms with van der Waals surface area (Å²) in [6, 6.07) is 29.6. The zero-order valence-electron chi connectivity index (χ0n) is 73.2. The largest absolute Gasteiger partial charge is 0.423 e. The molecule has 4 aromatic carbocycles. The number of fused-ring (bicyclic) bond motifs is 15. The number of hydrogen-bond acceptors (Lipinski definition) is 28. The van der Waals surface area contributed by atoms with Crippen molar-refractivity contribution in [3.05, 3.63) is 213 Å². The van der Waals surface area contributed by atoms with Gasteiger partial charge in [0.25, 0.3) is 0 Å². The summed E-state index contributed by atoms with van der Waals surface area (Å²) in [7, 11) is 7.24. The molecule has 12 aliphatic rings. The average molecular weight is 1740 g/mol. The van der Waals surface area contributed by atoms with E-state index in [-0.39, 0.29) is 76.9 Å². The number of ether oxygens (including phenoxy) is 4. The first-order chi connectivity index (χ1) is 62.5. The molecule has 12 aromatic rings. The van der Waals surface area contributed by atoms with Crippen LogP contribution in [0.25, 0.3) is 44.5 Å². The molecule has 0 bridgehead atoms. The van der Waals surface area contributed by atoms with E-state index in [2.05, 4.69) is 60.8 Å². The fourth-order valence-corrected chi connectivity index (χ4v) is 21.5. The molecule has 4 aliphatic heterocycles. The van der Waals surface area contributed by atoms with E-state index in [1.54, 1.807) is 56.1 Å². The van der Waals surface area contributed by atoms with Crippen LogP contribution in [0.3, 0.4) is 0 Å². The smallest absolute Gasteiger partial charge is 0.324 e. The molecule has 0 radical (unpaired) electrons.